The predicted octanol–water partition coefficient (Wildman–Crippen LogP) is -0.933. The number of rotatable bonds is 6. The lowest BCUT2D eigenvalue weighted by molar-refractivity contribution is -0.147. The average molecular weight is 508 g/mol. The number of amides is 5. The van der Waals surface area contributed by atoms with Crippen molar-refractivity contribution in [3.8, 4) is 0 Å². The van der Waals surface area contributed by atoms with E-state index in [2.05, 4.69) is 20.7 Å². The molecule has 3 aliphatic heterocycles. The van der Waals surface area contributed by atoms with E-state index in [-0.39, 0.29) is 31.2 Å². The Morgan fingerprint density at radius 3 is 2.33 bits per heavy atom. The van der Waals surface area contributed by atoms with Crippen molar-refractivity contribution < 1.29 is 33.5 Å². The first-order valence-corrected chi connectivity index (χ1v) is 12.7. The molecule has 4 atom stereocenters. The fourth-order valence-electron chi connectivity index (χ4n) is 5.03. The number of methoxy groups -OCH3 is 1. The summed E-state index contributed by atoms with van der Waals surface area (Å²) in [5.74, 6) is -2.93. The van der Waals surface area contributed by atoms with Crippen molar-refractivity contribution in [1.29, 1.82) is 0 Å². The van der Waals surface area contributed by atoms with Crippen LogP contribution in [0.5, 0.6) is 0 Å². The number of hydrogen-bond donors (Lipinski definition) is 3. The van der Waals surface area contributed by atoms with Crippen LogP contribution >= 0.6 is 0 Å². The molecule has 0 aliphatic carbocycles. The summed E-state index contributed by atoms with van der Waals surface area (Å²) in [4.78, 5) is 80.3. The molecule has 3 aliphatic rings. The molecule has 0 bridgehead atoms. The summed E-state index contributed by atoms with van der Waals surface area (Å²) in [5.41, 5.74) is 0. The van der Waals surface area contributed by atoms with E-state index in [0.717, 1.165) is 0 Å². The van der Waals surface area contributed by atoms with E-state index >= 15 is 0 Å². The molecule has 0 aromatic carbocycles. The van der Waals surface area contributed by atoms with Crippen LogP contribution < -0.4 is 16.0 Å². The van der Waals surface area contributed by atoms with Crippen molar-refractivity contribution in [2.45, 2.75) is 83.0 Å². The van der Waals surface area contributed by atoms with Gasteiger partial charge in [-0.25, -0.2) is 0 Å². The van der Waals surface area contributed by atoms with Gasteiger partial charge in [0.15, 0.2) is 0 Å². The Bertz CT molecular complexity index is 882. The number of ether oxygens (including phenoxy) is 1. The minimum Gasteiger partial charge on any atom is -0.469 e. The minimum absolute atomic E-state index is 0.115. The normalized spacial score (nSPS) is 27.3. The Balaban J connectivity index is 1.84. The van der Waals surface area contributed by atoms with E-state index in [1.54, 1.807) is 13.8 Å². The first-order valence-electron chi connectivity index (χ1n) is 12.7. The fraction of sp³-hybridized carbons (Fsp3) is 0.750. The van der Waals surface area contributed by atoms with Gasteiger partial charge in [0.25, 0.3) is 0 Å². The van der Waals surface area contributed by atoms with E-state index in [4.69, 9.17) is 0 Å². The topological polar surface area (TPSA) is 154 Å². The molecule has 3 saturated heterocycles. The van der Waals surface area contributed by atoms with E-state index in [1.165, 1.54) is 16.9 Å². The van der Waals surface area contributed by atoms with Gasteiger partial charge in [-0.3, -0.25) is 28.8 Å². The lowest BCUT2D eigenvalue weighted by atomic mass is 10.0. The van der Waals surface area contributed by atoms with Gasteiger partial charge in [0.05, 0.1) is 13.5 Å². The Hall–Kier alpha value is -3.18. The number of carbonyl (C=O) groups is 6. The molecule has 12 nitrogen and oxygen atoms in total. The zero-order valence-corrected chi connectivity index (χ0v) is 21.2. The van der Waals surface area contributed by atoms with E-state index < -0.39 is 53.8 Å². The largest absolute Gasteiger partial charge is 0.469 e. The maximum Gasteiger partial charge on any atom is 0.305 e. The monoisotopic (exact) mass is 507 g/mol. The molecule has 3 rings (SSSR count). The molecule has 0 radical (unpaired) electrons. The SMILES string of the molecule is COC(=O)CCCNC(=O)[C@@H]1CC(=O)N2CCC[C@@H]2C(=O)N2CCC[C@H]2C(=O)N[C@@H](C(C)C)C(=O)N1. The second kappa shape index (κ2) is 12.2. The Kier molecular flexibility index (Phi) is 9.27. The number of nitrogens with one attached hydrogen (secondary N) is 3. The molecule has 0 aromatic heterocycles. The summed E-state index contributed by atoms with van der Waals surface area (Å²) < 4.78 is 4.58. The average Bonchev–Trinajstić information content (AvgIpc) is 3.53. The zero-order valence-electron chi connectivity index (χ0n) is 21.2. The number of fused-ring (bicyclic) bond motifs is 2. The van der Waals surface area contributed by atoms with E-state index in [0.29, 0.717) is 45.2 Å². The third-order valence-electron chi connectivity index (χ3n) is 7.04. The Morgan fingerprint density at radius 1 is 1.00 bits per heavy atom. The van der Waals surface area contributed by atoms with Gasteiger partial charge in [-0.1, -0.05) is 13.8 Å². The van der Waals surface area contributed by atoms with Gasteiger partial charge in [0.2, 0.25) is 29.5 Å². The van der Waals surface area contributed by atoms with Gasteiger partial charge in [0.1, 0.15) is 24.2 Å². The third kappa shape index (κ3) is 6.33. The number of nitrogens with zero attached hydrogens (tertiary/aromatic N) is 2. The summed E-state index contributed by atoms with van der Waals surface area (Å²) in [6, 6.07) is -3.52. The number of esters is 1. The van der Waals surface area contributed by atoms with Crippen LogP contribution in [0.4, 0.5) is 0 Å². The Morgan fingerprint density at radius 2 is 1.67 bits per heavy atom. The predicted molar refractivity (Wildman–Crippen MR) is 127 cm³/mol. The van der Waals surface area contributed by atoms with Crippen LogP contribution in [0.1, 0.15) is 58.8 Å². The first kappa shape index (κ1) is 27.4. The molecule has 3 fully saturated rings. The van der Waals surface area contributed by atoms with Crippen molar-refractivity contribution in [2.24, 2.45) is 5.92 Å². The van der Waals surface area contributed by atoms with Crippen molar-refractivity contribution >= 4 is 35.5 Å². The molecule has 0 spiro atoms. The van der Waals surface area contributed by atoms with Crippen LogP contribution in [0.25, 0.3) is 0 Å². The van der Waals surface area contributed by atoms with Crippen LogP contribution in [-0.2, 0) is 33.5 Å². The molecule has 3 N–H and O–H groups in total. The van der Waals surface area contributed by atoms with Crippen molar-refractivity contribution in [1.82, 2.24) is 25.8 Å². The quantitative estimate of drug-likeness (QED) is 0.310. The molecule has 0 unspecified atom stereocenters. The standard InChI is InChI=1S/C24H37N5O7/c1-14(2)20-23(34)26-15(21(32)25-10-4-9-19(31)36-3)13-18(30)28-11-6-8-17(28)24(35)29-12-5-7-16(29)22(33)27-20/h14-17,20H,4-13H2,1-3H3,(H,25,32)(H,26,34)(H,27,33)/t15-,16-,17+,20-/m0/s1. The summed E-state index contributed by atoms with van der Waals surface area (Å²) >= 11 is 0. The maximum atomic E-state index is 13.4. The smallest absolute Gasteiger partial charge is 0.305 e. The summed E-state index contributed by atoms with van der Waals surface area (Å²) in [5, 5.41) is 8.07. The highest BCUT2D eigenvalue weighted by atomic mass is 16.5. The fourth-order valence-corrected chi connectivity index (χ4v) is 5.03. The van der Waals surface area contributed by atoms with Gasteiger partial charge >= 0.3 is 5.97 Å². The molecule has 3 heterocycles. The van der Waals surface area contributed by atoms with Gasteiger partial charge in [0, 0.05) is 26.1 Å². The molecule has 36 heavy (non-hydrogen) atoms. The second-order valence-corrected chi connectivity index (χ2v) is 9.90. The van der Waals surface area contributed by atoms with Gasteiger partial charge in [-0.2, -0.15) is 0 Å². The highest BCUT2D eigenvalue weighted by molar-refractivity contribution is 5.98. The first-order chi connectivity index (χ1) is 17.1. The Labute approximate surface area is 210 Å². The van der Waals surface area contributed by atoms with Crippen molar-refractivity contribution in [3.05, 3.63) is 0 Å². The van der Waals surface area contributed by atoms with E-state index in [9.17, 15) is 28.8 Å². The van der Waals surface area contributed by atoms with Crippen LogP contribution in [0.2, 0.25) is 0 Å². The summed E-state index contributed by atoms with van der Waals surface area (Å²) in [6.07, 6.45) is 2.41. The van der Waals surface area contributed by atoms with Crippen LogP contribution in [0, 0.1) is 5.92 Å². The highest BCUT2D eigenvalue weighted by Crippen LogP contribution is 2.26. The molecular formula is C24H37N5O7. The maximum absolute atomic E-state index is 13.4. The van der Waals surface area contributed by atoms with E-state index in [1.807, 2.05) is 0 Å². The molecule has 0 aromatic rings. The van der Waals surface area contributed by atoms with Gasteiger partial charge < -0.3 is 30.5 Å². The molecule has 0 saturated carbocycles. The summed E-state index contributed by atoms with van der Waals surface area (Å²) in [7, 11) is 1.28. The van der Waals surface area contributed by atoms with Gasteiger partial charge in [-0.15, -0.1) is 0 Å². The molecular weight excluding hydrogens is 470 g/mol. The summed E-state index contributed by atoms with van der Waals surface area (Å²) in [6.45, 7) is 4.48. The third-order valence-corrected chi connectivity index (χ3v) is 7.04. The van der Waals surface area contributed by atoms with Crippen molar-refractivity contribution in [2.75, 3.05) is 26.7 Å². The van der Waals surface area contributed by atoms with Crippen LogP contribution in [0.15, 0.2) is 0 Å². The minimum atomic E-state index is -1.20. The zero-order chi connectivity index (χ0) is 26.4. The molecule has 12 heteroatoms. The molecule has 5 amide bonds. The number of hydrogen-bond acceptors (Lipinski definition) is 7. The lowest BCUT2D eigenvalue weighted by Crippen LogP contribution is -2.58. The lowest BCUT2D eigenvalue weighted by Gasteiger charge is -2.31. The number of carbonyl (C=O) groups excluding carboxylic acids is 6. The highest BCUT2D eigenvalue weighted by Gasteiger charge is 2.44. The van der Waals surface area contributed by atoms with Gasteiger partial charge in [-0.05, 0) is 38.0 Å². The van der Waals surface area contributed by atoms with Crippen LogP contribution in [-0.4, -0.2) is 96.2 Å². The second-order valence-electron chi connectivity index (χ2n) is 9.90. The van der Waals surface area contributed by atoms with Crippen molar-refractivity contribution in [3.63, 3.8) is 0 Å². The molecule has 200 valence electrons. The van der Waals surface area contributed by atoms with Crippen LogP contribution in [0.3, 0.4) is 0 Å².